The molecule has 1 aliphatic rings. The molecule has 0 amide bonds. The number of benzene rings is 3. The number of methoxy groups -OCH3 is 3. The molecule has 202 valence electrons. The van der Waals surface area contributed by atoms with Crippen molar-refractivity contribution in [2.24, 2.45) is 0 Å². The molecule has 39 heavy (non-hydrogen) atoms. The normalized spacial score (nSPS) is 13.2. The molecule has 8 nitrogen and oxygen atoms in total. The van der Waals surface area contributed by atoms with Gasteiger partial charge in [-0.25, -0.2) is 4.98 Å². The molecule has 0 saturated carbocycles. The van der Waals surface area contributed by atoms with Crippen molar-refractivity contribution >= 4 is 11.6 Å². The van der Waals surface area contributed by atoms with E-state index in [9.17, 15) is 4.79 Å². The van der Waals surface area contributed by atoms with Crippen LogP contribution >= 0.6 is 0 Å². The highest BCUT2D eigenvalue weighted by Gasteiger charge is 2.28. The molecular weight excluding hydrogens is 492 g/mol. The van der Waals surface area contributed by atoms with Crippen molar-refractivity contribution in [3.05, 3.63) is 106 Å². The predicted octanol–water partition coefficient (Wildman–Crippen LogP) is 4.78. The van der Waals surface area contributed by atoms with Crippen LogP contribution in [0.15, 0.2) is 77.6 Å². The van der Waals surface area contributed by atoms with E-state index in [1.54, 1.807) is 25.9 Å². The van der Waals surface area contributed by atoms with E-state index in [0.29, 0.717) is 37.2 Å². The van der Waals surface area contributed by atoms with Crippen LogP contribution < -0.4 is 24.7 Å². The number of rotatable bonds is 9. The fraction of sp³-hybridized carbons (Fsp3) is 0.290. The van der Waals surface area contributed by atoms with E-state index >= 15 is 0 Å². The average Bonchev–Trinajstić information content (AvgIpc) is 2.98. The van der Waals surface area contributed by atoms with Crippen molar-refractivity contribution in [3.8, 4) is 17.2 Å². The number of hydrogen-bond donors (Lipinski definition) is 0. The molecule has 0 spiro atoms. The molecule has 8 heteroatoms. The Kier molecular flexibility index (Phi) is 7.84. The molecule has 0 atom stereocenters. The number of aromatic nitrogens is 2. The van der Waals surface area contributed by atoms with E-state index in [4.69, 9.17) is 19.2 Å². The summed E-state index contributed by atoms with van der Waals surface area (Å²) < 4.78 is 18.0. The third-order valence-corrected chi connectivity index (χ3v) is 7.15. The van der Waals surface area contributed by atoms with Crippen LogP contribution in [0.4, 0.5) is 11.6 Å². The highest BCUT2D eigenvalue weighted by molar-refractivity contribution is 5.59. The predicted molar refractivity (Wildman–Crippen MR) is 152 cm³/mol. The summed E-state index contributed by atoms with van der Waals surface area (Å²) in [5.41, 5.74) is 4.65. The van der Waals surface area contributed by atoms with Crippen molar-refractivity contribution in [1.29, 1.82) is 0 Å². The number of ether oxygens (including phenoxy) is 3. The Morgan fingerprint density at radius 3 is 2.26 bits per heavy atom. The van der Waals surface area contributed by atoms with Gasteiger partial charge < -0.3 is 14.2 Å². The maximum absolute atomic E-state index is 13.9. The Bertz CT molecular complexity index is 1490. The monoisotopic (exact) mass is 526 g/mol. The van der Waals surface area contributed by atoms with Gasteiger partial charge in [-0.3, -0.25) is 19.2 Å². The van der Waals surface area contributed by atoms with Gasteiger partial charge in [0.15, 0.2) is 11.5 Å². The fourth-order valence-corrected chi connectivity index (χ4v) is 4.96. The van der Waals surface area contributed by atoms with E-state index in [0.717, 1.165) is 46.8 Å². The van der Waals surface area contributed by atoms with Crippen LogP contribution in [-0.2, 0) is 19.5 Å². The lowest BCUT2D eigenvalue weighted by Crippen LogP contribution is -2.48. The summed E-state index contributed by atoms with van der Waals surface area (Å²) in [6.45, 7) is 3.73. The first-order valence-electron chi connectivity index (χ1n) is 13.0. The first-order chi connectivity index (χ1) is 19.0. The second-order valence-corrected chi connectivity index (χ2v) is 9.61. The van der Waals surface area contributed by atoms with Crippen LogP contribution in [0.5, 0.6) is 17.2 Å². The first-order valence-corrected chi connectivity index (χ1v) is 13.0. The van der Waals surface area contributed by atoms with E-state index < -0.39 is 0 Å². The number of hydrogen-bond acceptors (Lipinski definition) is 7. The largest absolute Gasteiger partial charge is 0.497 e. The van der Waals surface area contributed by atoms with Gasteiger partial charge in [-0.2, -0.15) is 0 Å². The molecular formula is C31H34N4O4. The standard InChI is InChI=1S/C31H34N4O4/c1-22-27(18-23-8-6-5-7-9-23)30(36)35-21-33(17-16-24-10-15-28(38-3)29(19-24)39-4)20-34(31(35)32-22)25-11-13-26(37-2)14-12-25/h5-15,19H,16-18,20-21H2,1-4H3. The van der Waals surface area contributed by atoms with Crippen LogP contribution in [0.3, 0.4) is 0 Å². The van der Waals surface area contributed by atoms with E-state index in [1.807, 2.05) is 73.7 Å². The van der Waals surface area contributed by atoms with Gasteiger partial charge in [0, 0.05) is 24.2 Å². The Balaban J connectivity index is 1.48. The zero-order valence-corrected chi connectivity index (χ0v) is 22.9. The van der Waals surface area contributed by atoms with Crippen LogP contribution in [0, 0.1) is 6.92 Å². The fourth-order valence-electron chi connectivity index (χ4n) is 4.96. The lowest BCUT2D eigenvalue weighted by atomic mass is 10.1. The lowest BCUT2D eigenvalue weighted by Gasteiger charge is -2.38. The minimum atomic E-state index is -0.00400. The minimum absolute atomic E-state index is 0.00400. The van der Waals surface area contributed by atoms with Gasteiger partial charge in [0.1, 0.15) is 5.75 Å². The van der Waals surface area contributed by atoms with Crippen molar-refractivity contribution in [2.45, 2.75) is 26.4 Å². The zero-order valence-electron chi connectivity index (χ0n) is 22.9. The molecule has 5 rings (SSSR count). The number of fused-ring (bicyclic) bond motifs is 1. The molecule has 0 N–H and O–H groups in total. The third kappa shape index (κ3) is 5.61. The summed E-state index contributed by atoms with van der Waals surface area (Å²) >= 11 is 0. The van der Waals surface area contributed by atoms with Gasteiger partial charge in [0.2, 0.25) is 5.95 Å². The van der Waals surface area contributed by atoms with Crippen LogP contribution in [0.2, 0.25) is 0 Å². The summed E-state index contributed by atoms with van der Waals surface area (Å²) in [7, 11) is 4.93. The summed E-state index contributed by atoms with van der Waals surface area (Å²) in [6.07, 6.45) is 1.34. The summed E-state index contributed by atoms with van der Waals surface area (Å²) in [6, 6.07) is 23.9. The zero-order chi connectivity index (χ0) is 27.4. The van der Waals surface area contributed by atoms with E-state index in [1.165, 1.54) is 0 Å². The van der Waals surface area contributed by atoms with Crippen molar-refractivity contribution < 1.29 is 14.2 Å². The summed E-state index contributed by atoms with van der Waals surface area (Å²) in [5.74, 6) is 2.85. The van der Waals surface area contributed by atoms with Crippen LogP contribution in [-0.4, -0.2) is 49.0 Å². The van der Waals surface area contributed by atoms with Crippen molar-refractivity contribution in [2.75, 3.05) is 39.4 Å². The topological polar surface area (TPSA) is 69.1 Å². The smallest absolute Gasteiger partial charge is 0.259 e. The van der Waals surface area contributed by atoms with Crippen molar-refractivity contribution in [1.82, 2.24) is 14.5 Å². The summed E-state index contributed by atoms with van der Waals surface area (Å²) in [5, 5.41) is 0. The molecule has 0 fully saturated rings. The molecule has 0 bridgehead atoms. The molecule has 0 saturated heterocycles. The maximum Gasteiger partial charge on any atom is 0.259 e. The van der Waals surface area contributed by atoms with E-state index in [2.05, 4.69) is 15.9 Å². The lowest BCUT2D eigenvalue weighted by molar-refractivity contribution is 0.200. The SMILES string of the molecule is COc1ccc(N2CN(CCc3ccc(OC)c(OC)c3)Cn3c2nc(C)c(Cc2ccccc2)c3=O)cc1. The van der Waals surface area contributed by atoms with Crippen LogP contribution in [0.1, 0.15) is 22.4 Å². The Hall–Kier alpha value is -4.30. The highest BCUT2D eigenvalue weighted by Crippen LogP contribution is 2.31. The molecule has 1 aromatic heterocycles. The molecule has 0 aliphatic carbocycles. The van der Waals surface area contributed by atoms with Gasteiger partial charge in [0.25, 0.3) is 5.56 Å². The minimum Gasteiger partial charge on any atom is -0.497 e. The number of anilines is 2. The van der Waals surface area contributed by atoms with E-state index in [-0.39, 0.29) is 5.56 Å². The molecule has 2 heterocycles. The molecule has 4 aromatic rings. The Labute approximate surface area is 229 Å². The third-order valence-electron chi connectivity index (χ3n) is 7.15. The Morgan fingerprint density at radius 2 is 1.56 bits per heavy atom. The molecule has 0 unspecified atom stereocenters. The van der Waals surface area contributed by atoms with Crippen molar-refractivity contribution in [3.63, 3.8) is 0 Å². The average molecular weight is 527 g/mol. The quantitative estimate of drug-likeness (QED) is 0.311. The second kappa shape index (κ2) is 11.6. The molecule has 0 radical (unpaired) electrons. The number of aryl methyl sites for hydroxylation is 1. The van der Waals surface area contributed by atoms with Gasteiger partial charge in [-0.1, -0.05) is 36.4 Å². The molecule has 1 aliphatic heterocycles. The van der Waals surface area contributed by atoms with Crippen LogP contribution in [0.25, 0.3) is 0 Å². The molecule has 3 aromatic carbocycles. The number of nitrogens with zero attached hydrogens (tertiary/aromatic N) is 4. The summed E-state index contributed by atoms with van der Waals surface area (Å²) in [4.78, 5) is 23.2. The first kappa shape index (κ1) is 26.3. The van der Waals surface area contributed by atoms with Gasteiger partial charge in [-0.05, 0) is 60.9 Å². The maximum atomic E-state index is 13.9. The van der Waals surface area contributed by atoms with Gasteiger partial charge in [-0.15, -0.1) is 0 Å². The second-order valence-electron chi connectivity index (χ2n) is 9.61. The Morgan fingerprint density at radius 1 is 0.821 bits per heavy atom. The van der Waals surface area contributed by atoms with Gasteiger partial charge >= 0.3 is 0 Å². The highest BCUT2D eigenvalue weighted by atomic mass is 16.5. The van der Waals surface area contributed by atoms with Gasteiger partial charge in [0.05, 0.1) is 40.4 Å².